The Morgan fingerprint density at radius 1 is 0.939 bits per heavy atom. The van der Waals surface area contributed by atoms with Crippen LogP contribution in [0, 0.1) is 6.92 Å². The monoisotopic (exact) mass is 467 g/mol. The molecule has 0 aliphatic rings. The first-order valence-electron chi connectivity index (χ1n) is 10.3. The zero-order chi connectivity index (χ0) is 23.8. The number of amides is 3. The van der Waals surface area contributed by atoms with E-state index in [1.54, 1.807) is 55.6 Å². The largest absolute Gasteiger partial charge is 0.497 e. The number of aryl methyl sites for hydroxylation is 2. The molecule has 3 rings (SSSR count). The fourth-order valence-electron chi connectivity index (χ4n) is 2.98. The average Bonchev–Trinajstić information content (AvgIpc) is 3.22. The van der Waals surface area contributed by atoms with Crippen molar-refractivity contribution in [3.8, 4) is 11.5 Å². The second-order valence-corrected chi connectivity index (χ2v) is 8.21. The molecule has 0 saturated heterocycles. The Labute approximate surface area is 195 Å². The highest BCUT2D eigenvalue weighted by Gasteiger charge is 2.13. The lowest BCUT2D eigenvalue weighted by Gasteiger charge is -2.09. The minimum Gasteiger partial charge on any atom is -0.497 e. The van der Waals surface area contributed by atoms with E-state index in [1.807, 2.05) is 19.9 Å². The molecule has 3 aromatic rings. The quantitative estimate of drug-likeness (QED) is 0.438. The number of hydrogen-bond donors (Lipinski definition) is 3. The van der Waals surface area contributed by atoms with Crippen LogP contribution in [0.1, 0.15) is 37.4 Å². The van der Waals surface area contributed by atoms with Gasteiger partial charge in [0.1, 0.15) is 11.5 Å². The third kappa shape index (κ3) is 6.56. The summed E-state index contributed by atoms with van der Waals surface area (Å²) in [6.45, 7) is 3.79. The lowest BCUT2D eigenvalue weighted by atomic mass is 10.2. The van der Waals surface area contributed by atoms with E-state index in [0.717, 1.165) is 16.9 Å². The third-order valence-corrected chi connectivity index (χ3v) is 6.08. The molecule has 0 bridgehead atoms. The molecule has 9 heteroatoms. The van der Waals surface area contributed by atoms with Crippen molar-refractivity contribution in [2.45, 2.75) is 20.3 Å². The van der Waals surface area contributed by atoms with E-state index in [1.165, 1.54) is 11.3 Å². The van der Waals surface area contributed by atoms with E-state index in [0.29, 0.717) is 27.6 Å². The normalized spacial score (nSPS) is 10.3. The summed E-state index contributed by atoms with van der Waals surface area (Å²) in [6.07, 6.45) is 0.854. The van der Waals surface area contributed by atoms with Crippen LogP contribution in [0.5, 0.6) is 11.5 Å². The molecule has 172 valence electrons. The van der Waals surface area contributed by atoms with Gasteiger partial charge in [-0.1, -0.05) is 13.0 Å². The van der Waals surface area contributed by atoms with Gasteiger partial charge in [-0.15, -0.1) is 11.3 Å². The number of anilines is 1. The second-order valence-electron chi connectivity index (χ2n) is 7.07. The lowest BCUT2D eigenvalue weighted by Crippen LogP contribution is -2.41. The highest BCUT2D eigenvalue weighted by Crippen LogP contribution is 2.22. The van der Waals surface area contributed by atoms with Gasteiger partial charge < -0.3 is 14.8 Å². The van der Waals surface area contributed by atoms with Gasteiger partial charge in [-0.25, -0.2) is 0 Å². The van der Waals surface area contributed by atoms with Crippen molar-refractivity contribution in [1.29, 1.82) is 0 Å². The summed E-state index contributed by atoms with van der Waals surface area (Å²) in [5.41, 5.74) is 6.82. The molecule has 0 radical (unpaired) electrons. The molecule has 0 fully saturated rings. The Balaban J connectivity index is 1.47. The molecule has 1 aromatic heterocycles. The van der Waals surface area contributed by atoms with Gasteiger partial charge in [-0.2, -0.15) is 0 Å². The molecule has 0 aliphatic heterocycles. The van der Waals surface area contributed by atoms with Gasteiger partial charge >= 0.3 is 0 Å². The molecule has 8 nitrogen and oxygen atoms in total. The summed E-state index contributed by atoms with van der Waals surface area (Å²) in [4.78, 5) is 38.3. The van der Waals surface area contributed by atoms with Crippen molar-refractivity contribution < 1.29 is 23.9 Å². The highest BCUT2D eigenvalue weighted by molar-refractivity contribution is 7.14. The SMILES string of the molecule is CCc1sc(C(=O)NNC(=O)c2ccc(OCC(=O)Nc3cccc(OC)c3)cc2)cc1C. The van der Waals surface area contributed by atoms with E-state index >= 15 is 0 Å². The fraction of sp³-hybridized carbons (Fsp3) is 0.208. The molecule has 0 atom stereocenters. The van der Waals surface area contributed by atoms with E-state index < -0.39 is 5.91 Å². The van der Waals surface area contributed by atoms with Gasteiger partial charge in [0.25, 0.3) is 17.7 Å². The number of rotatable bonds is 8. The van der Waals surface area contributed by atoms with Crippen LogP contribution in [0.15, 0.2) is 54.6 Å². The van der Waals surface area contributed by atoms with Crippen LogP contribution in [0.25, 0.3) is 0 Å². The first-order valence-corrected chi connectivity index (χ1v) is 11.1. The predicted octanol–water partition coefficient (Wildman–Crippen LogP) is 3.72. The molecule has 3 N–H and O–H groups in total. The maximum atomic E-state index is 12.3. The molecule has 0 spiro atoms. The number of ether oxygens (including phenoxy) is 2. The first-order chi connectivity index (χ1) is 15.9. The maximum Gasteiger partial charge on any atom is 0.279 e. The van der Waals surface area contributed by atoms with Crippen molar-refractivity contribution in [2.24, 2.45) is 0 Å². The topological polar surface area (TPSA) is 106 Å². The van der Waals surface area contributed by atoms with Gasteiger partial charge in [0, 0.05) is 22.2 Å². The number of hydrazine groups is 1. The molecular formula is C24H25N3O5S. The van der Waals surface area contributed by atoms with E-state index in [-0.39, 0.29) is 18.4 Å². The van der Waals surface area contributed by atoms with Crippen LogP contribution < -0.4 is 25.6 Å². The Kier molecular flexibility index (Phi) is 8.04. The van der Waals surface area contributed by atoms with Gasteiger partial charge in [0.2, 0.25) is 0 Å². The van der Waals surface area contributed by atoms with Crippen molar-refractivity contribution in [2.75, 3.05) is 19.0 Å². The highest BCUT2D eigenvalue weighted by atomic mass is 32.1. The molecule has 0 unspecified atom stereocenters. The number of hydrogen-bond acceptors (Lipinski definition) is 6. The van der Waals surface area contributed by atoms with E-state index in [2.05, 4.69) is 16.2 Å². The number of thiophene rings is 1. The summed E-state index contributed by atoms with van der Waals surface area (Å²) >= 11 is 1.41. The number of carbonyl (C=O) groups excluding carboxylic acids is 3. The maximum absolute atomic E-state index is 12.3. The van der Waals surface area contributed by atoms with Crippen LogP contribution in [0.4, 0.5) is 5.69 Å². The molecular weight excluding hydrogens is 442 g/mol. The summed E-state index contributed by atoms with van der Waals surface area (Å²) in [5, 5.41) is 2.72. The summed E-state index contributed by atoms with van der Waals surface area (Å²) in [6, 6.07) is 15.0. The Hall–Kier alpha value is -3.85. The molecule has 0 aliphatic carbocycles. The van der Waals surface area contributed by atoms with Crippen molar-refractivity contribution in [3.63, 3.8) is 0 Å². The molecule has 33 heavy (non-hydrogen) atoms. The zero-order valence-electron chi connectivity index (χ0n) is 18.6. The van der Waals surface area contributed by atoms with Crippen molar-refractivity contribution in [1.82, 2.24) is 10.9 Å². The summed E-state index contributed by atoms with van der Waals surface area (Å²) in [5.74, 6) is -0.0943. The third-order valence-electron chi connectivity index (χ3n) is 4.69. The van der Waals surface area contributed by atoms with E-state index in [9.17, 15) is 14.4 Å². The minimum atomic E-state index is -0.463. The van der Waals surface area contributed by atoms with Crippen LogP contribution in [-0.2, 0) is 11.2 Å². The van der Waals surface area contributed by atoms with Crippen LogP contribution in [0.2, 0.25) is 0 Å². The standard InChI is InChI=1S/C24H25N3O5S/c1-4-20-15(2)12-21(33-20)24(30)27-26-23(29)16-8-10-18(11-9-16)32-14-22(28)25-17-6-5-7-19(13-17)31-3/h5-13H,4,14H2,1-3H3,(H,25,28)(H,26,29)(H,27,30). The Morgan fingerprint density at radius 3 is 2.33 bits per heavy atom. The lowest BCUT2D eigenvalue weighted by molar-refractivity contribution is -0.118. The van der Waals surface area contributed by atoms with Crippen LogP contribution in [0.3, 0.4) is 0 Å². The van der Waals surface area contributed by atoms with Gasteiger partial charge in [-0.3, -0.25) is 25.2 Å². The van der Waals surface area contributed by atoms with Gasteiger partial charge in [0.15, 0.2) is 6.61 Å². The molecule has 2 aromatic carbocycles. The van der Waals surface area contributed by atoms with Crippen molar-refractivity contribution >= 4 is 34.7 Å². The molecule has 0 saturated carbocycles. The number of carbonyl (C=O) groups is 3. The van der Waals surface area contributed by atoms with Gasteiger partial charge in [-0.05, 0) is 61.4 Å². The smallest absolute Gasteiger partial charge is 0.279 e. The Morgan fingerprint density at radius 2 is 1.67 bits per heavy atom. The first kappa shape index (κ1) is 23.8. The number of benzene rings is 2. The summed E-state index contributed by atoms with van der Waals surface area (Å²) < 4.78 is 10.6. The molecule has 3 amide bonds. The number of nitrogens with one attached hydrogen (secondary N) is 3. The number of methoxy groups -OCH3 is 1. The molecule has 1 heterocycles. The fourth-order valence-corrected chi connectivity index (χ4v) is 3.99. The van der Waals surface area contributed by atoms with E-state index in [4.69, 9.17) is 9.47 Å². The second kappa shape index (κ2) is 11.1. The van der Waals surface area contributed by atoms with Gasteiger partial charge in [0.05, 0.1) is 12.0 Å². The Bertz CT molecular complexity index is 1140. The predicted molar refractivity (Wildman–Crippen MR) is 127 cm³/mol. The minimum absolute atomic E-state index is 0.196. The average molecular weight is 468 g/mol. The van der Waals surface area contributed by atoms with Crippen LogP contribution in [-0.4, -0.2) is 31.4 Å². The van der Waals surface area contributed by atoms with Crippen molar-refractivity contribution in [3.05, 3.63) is 75.5 Å². The zero-order valence-corrected chi connectivity index (χ0v) is 19.4. The van der Waals surface area contributed by atoms with Crippen LogP contribution >= 0.6 is 11.3 Å². The summed E-state index contributed by atoms with van der Waals surface area (Å²) in [7, 11) is 1.55.